The summed E-state index contributed by atoms with van der Waals surface area (Å²) in [6, 6.07) is 2.16. The fourth-order valence-electron chi connectivity index (χ4n) is 2.38. The van der Waals surface area contributed by atoms with E-state index >= 15 is 0 Å². The highest BCUT2D eigenvalue weighted by molar-refractivity contribution is 8.00. The van der Waals surface area contributed by atoms with E-state index in [1.807, 2.05) is 0 Å². The minimum Gasteiger partial charge on any atom is -0.410 e. The standard InChI is InChI=1S/C14H17N3O2S2/c1-7-3-4-10-9(5-7)6-11(21-10)13-16-17-14(19-13)20-8(2)12(15)18/h6-8H,3-5H2,1-2H3,(H2,15,18)/t7-,8-/m0/s1. The Morgan fingerprint density at radius 1 is 1.57 bits per heavy atom. The molecular formula is C14H17N3O2S2. The van der Waals surface area contributed by atoms with E-state index in [1.54, 1.807) is 18.3 Å². The minimum atomic E-state index is -0.389. The minimum absolute atomic E-state index is 0.379. The molecule has 7 heteroatoms. The van der Waals surface area contributed by atoms with Crippen molar-refractivity contribution >= 4 is 29.0 Å². The van der Waals surface area contributed by atoms with E-state index in [-0.39, 0.29) is 11.2 Å². The summed E-state index contributed by atoms with van der Waals surface area (Å²) in [6.07, 6.45) is 3.50. The fraction of sp³-hybridized carbons (Fsp3) is 0.500. The molecule has 0 saturated heterocycles. The normalized spacial score (nSPS) is 19.2. The second-order valence-electron chi connectivity index (χ2n) is 5.44. The van der Waals surface area contributed by atoms with Gasteiger partial charge in [0.15, 0.2) is 0 Å². The molecule has 2 aromatic heterocycles. The Balaban J connectivity index is 1.79. The van der Waals surface area contributed by atoms with Crippen LogP contribution in [-0.4, -0.2) is 21.4 Å². The van der Waals surface area contributed by atoms with Crippen LogP contribution in [0, 0.1) is 5.92 Å². The number of aromatic nitrogens is 2. The van der Waals surface area contributed by atoms with Gasteiger partial charge in [-0.05, 0) is 43.7 Å². The van der Waals surface area contributed by atoms with Crippen LogP contribution in [0.25, 0.3) is 10.8 Å². The van der Waals surface area contributed by atoms with E-state index in [0.717, 1.165) is 23.6 Å². The number of primary amides is 1. The smallest absolute Gasteiger partial charge is 0.277 e. The van der Waals surface area contributed by atoms with Crippen molar-refractivity contribution in [3.05, 3.63) is 16.5 Å². The lowest BCUT2D eigenvalue weighted by Crippen LogP contribution is -2.22. The topological polar surface area (TPSA) is 82.0 Å². The number of thiophene rings is 1. The van der Waals surface area contributed by atoms with Crippen molar-refractivity contribution in [3.8, 4) is 10.8 Å². The number of carbonyl (C=O) groups excluding carboxylic acids is 1. The molecule has 2 N–H and O–H groups in total. The fourth-order valence-corrected chi connectivity index (χ4v) is 4.14. The van der Waals surface area contributed by atoms with Gasteiger partial charge in [-0.1, -0.05) is 18.7 Å². The van der Waals surface area contributed by atoms with Gasteiger partial charge in [-0.25, -0.2) is 0 Å². The lowest BCUT2D eigenvalue weighted by molar-refractivity contribution is -0.117. The van der Waals surface area contributed by atoms with E-state index in [0.29, 0.717) is 11.1 Å². The summed E-state index contributed by atoms with van der Waals surface area (Å²) in [7, 11) is 0. The molecule has 0 unspecified atom stereocenters. The Kier molecular flexibility index (Phi) is 4.03. The molecule has 0 bridgehead atoms. The van der Waals surface area contributed by atoms with Crippen LogP contribution >= 0.6 is 23.1 Å². The van der Waals surface area contributed by atoms with Gasteiger partial charge in [0.2, 0.25) is 5.91 Å². The molecule has 2 heterocycles. The summed E-state index contributed by atoms with van der Waals surface area (Å²) in [5.41, 5.74) is 6.64. The van der Waals surface area contributed by atoms with Gasteiger partial charge in [0.25, 0.3) is 11.1 Å². The summed E-state index contributed by atoms with van der Waals surface area (Å²) in [5.74, 6) is 0.881. The predicted octanol–water partition coefficient (Wildman–Crippen LogP) is 2.89. The van der Waals surface area contributed by atoms with Gasteiger partial charge < -0.3 is 10.2 Å². The quantitative estimate of drug-likeness (QED) is 0.875. The average Bonchev–Trinajstić information content (AvgIpc) is 3.04. The van der Waals surface area contributed by atoms with Crippen molar-refractivity contribution in [2.45, 2.75) is 43.6 Å². The van der Waals surface area contributed by atoms with Crippen molar-refractivity contribution < 1.29 is 9.21 Å². The highest BCUT2D eigenvalue weighted by Gasteiger charge is 2.21. The van der Waals surface area contributed by atoms with Gasteiger partial charge in [0, 0.05) is 4.88 Å². The molecule has 3 rings (SSSR count). The van der Waals surface area contributed by atoms with Crippen molar-refractivity contribution in [2.24, 2.45) is 11.7 Å². The van der Waals surface area contributed by atoms with Gasteiger partial charge in [0.1, 0.15) is 0 Å². The SMILES string of the molecule is C[C@H]1CCc2sc(-c3nnc(S[C@@H](C)C(N)=O)o3)cc2C1. The second-order valence-corrected chi connectivity index (χ2v) is 7.87. The van der Waals surface area contributed by atoms with E-state index in [9.17, 15) is 4.79 Å². The van der Waals surface area contributed by atoms with Gasteiger partial charge in [0.05, 0.1) is 10.1 Å². The molecule has 2 atom stereocenters. The molecule has 0 aliphatic heterocycles. The molecule has 2 aromatic rings. The van der Waals surface area contributed by atoms with Crippen LogP contribution < -0.4 is 5.73 Å². The van der Waals surface area contributed by atoms with Crippen molar-refractivity contribution in [1.82, 2.24) is 10.2 Å². The zero-order chi connectivity index (χ0) is 15.0. The maximum absolute atomic E-state index is 11.1. The number of hydrogen-bond acceptors (Lipinski definition) is 6. The molecule has 1 aliphatic rings. The Bertz CT molecular complexity index is 665. The van der Waals surface area contributed by atoms with Gasteiger partial charge in [-0.15, -0.1) is 21.5 Å². The van der Waals surface area contributed by atoms with Crippen molar-refractivity contribution in [2.75, 3.05) is 0 Å². The Hall–Kier alpha value is -1.34. The van der Waals surface area contributed by atoms with Crippen LogP contribution in [0.1, 0.15) is 30.7 Å². The van der Waals surface area contributed by atoms with Crippen LogP contribution in [0.2, 0.25) is 0 Å². The van der Waals surface area contributed by atoms with E-state index in [4.69, 9.17) is 10.2 Å². The number of fused-ring (bicyclic) bond motifs is 1. The van der Waals surface area contributed by atoms with Crippen molar-refractivity contribution in [3.63, 3.8) is 0 Å². The third kappa shape index (κ3) is 3.13. The number of hydrogen-bond donors (Lipinski definition) is 1. The Morgan fingerprint density at radius 3 is 3.14 bits per heavy atom. The molecule has 5 nitrogen and oxygen atoms in total. The highest BCUT2D eigenvalue weighted by atomic mass is 32.2. The highest BCUT2D eigenvalue weighted by Crippen LogP contribution is 2.37. The summed E-state index contributed by atoms with van der Waals surface area (Å²) in [6.45, 7) is 4.01. The molecule has 21 heavy (non-hydrogen) atoms. The lowest BCUT2D eigenvalue weighted by atomic mass is 9.90. The molecule has 1 amide bonds. The number of aryl methyl sites for hydroxylation is 1. The predicted molar refractivity (Wildman–Crippen MR) is 83.3 cm³/mol. The molecule has 0 saturated carbocycles. The zero-order valence-corrected chi connectivity index (χ0v) is 13.6. The van der Waals surface area contributed by atoms with E-state index < -0.39 is 0 Å². The van der Waals surface area contributed by atoms with Gasteiger partial charge in [-0.3, -0.25) is 4.79 Å². The number of nitrogens with two attached hydrogens (primary N) is 1. The number of nitrogens with zero attached hydrogens (tertiary/aromatic N) is 2. The van der Waals surface area contributed by atoms with Gasteiger partial charge in [-0.2, -0.15) is 0 Å². The number of thioether (sulfide) groups is 1. The molecule has 1 aliphatic carbocycles. The second kappa shape index (κ2) is 5.81. The Morgan fingerprint density at radius 2 is 2.38 bits per heavy atom. The molecule has 0 radical (unpaired) electrons. The molecule has 112 valence electrons. The van der Waals surface area contributed by atoms with Crippen LogP contribution in [0.5, 0.6) is 0 Å². The number of amides is 1. The molecular weight excluding hydrogens is 306 g/mol. The van der Waals surface area contributed by atoms with Crippen LogP contribution in [0.4, 0.5) is 0 Å². The summed E-state index contributed by atoms with van der Waals surface area (Å²) in [4.78, 5) is 13.5. The molecule has 0 fully saturated rings. The average molecular weight is 323 g/mol. The van der Waals surface area contributed by atoms with Crippen LogP contribution in [0.15, 0.2) is 15.7 Å². The summed E-state index contributed by atoms with van der Waals surface area (Å²) < 4.78 is 5.64. The van der Waals surface area contributed by atoms with Crippen LogP contribution in [-0.2, 0) is 17.6 Å². The first-order valence-electron chi connectivity index (χ1n) is 6.94. The third-order valence-corrected chi connectivity index (χ3v) is 5.80. The maximum atomic E-state index is 11.1. The summed E-state index contributed by atoms with van der Waals surface area (Å²) >= 11 is 2.92. The zero-order valence-electron chi connectivity index (χ0n) is 12.0. The largest absolute Gasteiger partial charge is 0.410 e. The van der Waals surface area contributed by atoms with Gasteiger partial charge >= 0.3 is 0 Å². The monoisotopic (exact) mass is 323 g/mol. The first-order chi connectivity index (χ1) is 10.0. The first-order valence-corrected chi connectivity index (χ1v) is 8.64. The number of carbonyl (C=O) groups is 1. The lowest BCUT2D eigenvalue weighted by Gasteiger charge is -2.16. The maximum Gasteiger partial charge on any atom is 0.277 e. The number of rotatable bonds is 4. The van der Waals surface area contributed by atoms with Crippen molar-refractivity contribution in [1.29, 1.82) is 0 Å². The van der Waals surface area contributed by atoms with Crippen LogP contribution in [0.3, 0.4) is 0 Å². The van der Waals surface area contributed by atoms with E-state index in [1.165, 1.54) is 28.6 Å². The third-order valence-electron chi connectivity index (χ3n) is 3.62. The van der Waals surface area contributed by atoms with E-state index in [2.05, 4.69) is 23.2 Å². The molecule has 0 aromatic carbocycles. The Labute approximate surface area is 131 Å². The first kappa shape index (κ1) is 14.6. The summed E-state index contributed by atoms with van der Waals surface area (Å²) in [5, 5.41) is 8.07. The molecule has 0 spiro atoms.